The number of carbonyl (C=O) groups is 1. The summed E-state index contributed by atoms with van der Waals surface area (Å²) in [6.45, 7) is 3.41. The maximum atomic E-state index is 12.5. The van der Waals surface area contributed by atoms with Crippen LogP contribution < -0.4 is 19.9 Å². The number of amides is 1. The summed E-state index contributed by atoms with van der Waals surface area (Å²) in [6, 6.07) is 18.0. The molecule has 7 heteroatoms. The zero-order chi connectivity index (χ0) is 23.3. The molecule has 176 valence electrons. The van der Waals surface area contributed by atoms with Gasteiger partial charge in [0, 0.05) is 49.5 Å². The molecule has 0 atom stereocenters. The highest BCUT2D eigenvalue weighted by atomic mass is 16.5. The Morgan fingerprint density at radius 3 is 2.53 bits per heavy atom. The van der Waals surface area contributed by atoms with Crippen molar-refractivity contribution >= 4 is 23.2 Å². The zero-order valence-corrected chi connectivity index (χ0v) is 19.6. The minimum absolute atomic E-state index is 0.131. The highest BCUT2D eigenvalue weighted by Gasteiger charge is 2.23. The molecule has 1 amide bonds. The summed E-state index contributed by atoms with van der Waals surface area (Å²) >= 11 is 0. The van der Waals surface area contributed by atoms with Gasteiger partial charge in [0.1, 0.15) is 5.75 Å². The topological polar surface area (TPSA) is 70.6 Å². The van der Waals surface area contributed by atoms with E-state index in [0.29, 0.717) is 0 Å². The molecule has 2 aliphatic rings. The first kappa shape index (κ1) is 22.2. The molecule has 1 saturated carbocycles. The number of para-hydroxylation sites is 2. The average Bonchev–Trinajstić information content (AvgIpc) is 3.44. The number of rotatable bonds is 6. The first-order valence-electron chi connectivity index (χ1n) is 12.1. The van der Waals surface area contributed by atoms with Crippen LogP contribution in [0.1, 0.15) is 25.7 Å². The van der Waals surface area contributed by atoms with Gasteiger partial charge in [0.15, 0.2) is 0 Å². The number of hydrogen-bond acceptors (Lipinski definition) is 6. The predicted molar refractivity (Wildman–Crippen MR) is 135 cm³/mol. The van der Waals surface area contributed by atoms with Crippen molar-refractivity contribution in [3.63, 3.8) is 0 Å². The van der Waals surface area contributed by atoms with Gasteiger partial charge in [-0.05, 0) is 43.2 Å². The molecule has 0 bridgehead atoms. The Balaban J connectivity index is 1.27. The Morgan fingerprint density at radius 1 is 0.971 bits per heavy atom. The van der Waals surface area contributed by atoms with Crippen LogP contribution >= 0.6 is 0 Å². The SMILES string of the molecule is COc1ccccc1N1CCN(c2nccc(-c3cccc(NC(=O)C4CCCC4)c3)n2)CC1. The molecule has 1 N–H and O–H groups in total. The van der Waals surface area contributed by atoms with Crippen LogP contribution in [0.2, 0.25) is 0 Å². The summed E-state index contributed by atoms with van der Waals surface area (Å²) in [5, 5.41) is 3.09. The van der Waals surface area contributed by atoms with Gasteiger partial charge >= 0.3 is 0 Å². The predicted octanol–water partition coefficient (Wildman–Crippen LogP) is 4.61. The normalized spacial score (nSPS) is 16.5. The van der Waals surface area contributed by atoms with Gasteiger partial charge in [-0.25, -0.2) is 9.97 Å². The van der Waals surface area contributed by atoms with Crippen LogP contribution in [-0.4, -0.2) is 49.2 Å². The number of nitrogens with zero attached hydrogens (tertiary/aromatic N) is 4. The molecule has 1 aliphatic carbocycles. The van der Waals surface area contributed by atoms with Crippen molar-refractivity contribution in [2.24, 2.45) is 5.92 Å². The molecule has 34 heavy (non-hydrogen) atoms. The lowest BCUT2D eigenvalue weighted by Crippen LogP contribution is -2.47. The van der Waals surface area contributed by atoms with E-state index in [2.05, 4.69) is 26.2 Å². The molecule has 2 fully saturated rings. The van der Waals surface area contributed by atoms with Crippen molar-refractivity contribution in [2.75, 3.05) is 48.4 Å². The number of benzene rings is 2. The number of aromatic nitrogens is 2. The lowest BCUT2D eigenvalue weighted by Gasteiger charge is -2.36. The van der Waals surface area contributed by atoms with Gasteiger partial charge < -0.3 is 19.9 Å². The summed E-state index contributed by atoms with van der Waals surface area (Å²) in [5.41, 5.74) is 3.77. The van der Waals surface area contributed by atoms with Crippen LogP contribution in [0.4, 0.5) is 17.3 Å². The number of carbonyl (C=O) groups excluding carboxylic acids is 1. The highest BCUT2D eigenvalue weighted by Crippen LogP contribution is 2.30. The second-order valence-corrected chi connectivity index (χ2v) is 8.94. The Kier molecular flexibility index (Phi) is 6.60. The first-order valence-corrected chi connectivity index (χ1v) is 12.1. The number of anilines is 3. The number of nitrogens with one attached hydrogen (secondary N) is 1. The summed E-state index contributed by atoms with van der Waals surface area (Å²) in [5.74, 6) is 1.90. The second-order valence-electron chi connectivity index (χ2n) is 8.94. The van der Waals surface area contributed by atoms with Crippen molar-refractivity contribution in [1.82, 2.24) is 9.97 Å². The molecule has 5 rings (SSSR count). The average molecular weight is 458 g/mol. The van der Waals surface area contributed by atoms with Crippen LogP contribution in [-0.2, 0) is 4.79 Å². The molecule has 0 spiro atoms. The second kappa shape index (κ2) is 10.1. The Morgan fingerprint density at radius 2 is 1.74 bits per heavy atom. The Bertz CT molecular complexity index is 1140. The number of piperazine rings is 1. The minimum atomic E-state index is 0.131. The van der Waals surface area contributed by atoms with E-state index in [9.17, 15) is 4.79 Å². The monoisotopic (exact) mass is 457 g/mol. The first-order chi connectivity index (χ1) is 16.7. The Hall–Kier alpha value is -3.61. The number of methoxy groups -OCH3 is 1. The van der Waals surface area contributed by atoms with Crippen molar-refractivity contribution in [2.45, 2.75) is 25.7 Å². The fraction of sp³-hybridized carbons (Fsp3) is 0.370. The molecule has 1 aromatic heterocycles. The van der Waals surface area contributed by atoms with Crippen LogP contribution in [0.15, 0.2) is 60.8 Å². The molecule has 3 aromatic rings. The van der Waals surface area contributed by atoms with Gasteiger partial charge in [0.2, 0.25) is 11.9 Å². The molecule has 2 aromatic carbocycles. The van der Waals surface area contributed by atoms with Gasteiger partial charge in [0.05, 0.1) is 18.5 Å². The molecule has 0 unspecified atom stereocenters. The third kappa shape index (κ3) is 4.83. The third-order valence-electron chi connectivity index (χ3n) is 6.78. The van der Waals surface area contributed by atoms with E-state index in [1.165, 1.54) is 0 Å². The standard InChI is InChI=1S/C27H31N5O2/c1-34-25-12-5-4-11-24(25)31-15-17-32(18-16-31)27-28-14-13-23(30-27)21-9-6-10-22(19-21)29-26(33)20-7-2-3-8-20/h4-6,9-14,19-20H,2-3,7-8,15-18H2,1H3,(H,29,33). The van der Waals surface area contributed by atoms with Crippen molar-refractivity contribution in [3.8, 4) is 17.0 Å². The molecule has 1 aliphatic heterocycles. The summed E-state index contributed by atoms with van der Waals surface area (Å²) in [7, 11) is 1.71. The minimum Gasteiger partial charge on any atom is -0.495 e. The van der Waals surface area contributed by atoms with Gasteiger partial charge in [-0.1, -0.05) is 37.1 Å². The zero-order valence-electron chi connectivity index (χ0n) is 19.6. The van der Waals surface area contributed by atoms with Gasteiger partial charge in [-0.15, -0.1) is 0 Å². The molecule has 1 saturated heterocycles. The molecular formula is C27H31N5O2. The van der Waals surface area contributed by atoms with E-state index < -0.39 is 0 Å². The van der Waals surface area contributed by atoms with Crippen molar-refractivity contribution in [3.05, 3.63) is 60.8 Å². The van der Waals surface area contributed by atoms with Crippen molar-refractivity contribution in [1.29, 1.82) is 0 Å². The molecular weight excluding hydrogens is 426 g/mol. The van der Waals surface area contributed by atoms with Crippen LogP contribution in [0.5, 0.6) is 5.75 Å². The smallest absolute Gasteiger partial charge is 0.227 e. The number of hydrogen-bond donors (Lipinski definition) is 1. The van der Waals surface area contributed by atoms with Crippen LogP contribution in [0.3, 0.4) is 0 Å². The summed E-state index contributed by atoms with van der Waals surface area (Å²) in [4.78, 5) is 26.5. The maximum Gasteiger partial charge on any atom is 0.227 e. The summed E-state index contributed by atoms with van der Waals surface area (Å²) in [6.07, 6.45) is 6.09. The lowest BCUT2D eigenvalue weighted by molar-refractivity contribution is -0.119. The van der Waals surface area contributed by atoms with E-state index in [1.54, 1.807) is 7.11 Å². The fourth-order valence-corrected chi connectivity index (χ4v) is 4.89. The fourth-order valence-electron chi connectivity index (χ4n) is 4.89. The molecule has 7 nitrogen and oxygen atoms in total. The van der Waals surface area contributed by atoms with E-state index >= 15 is 0 Å². The van der Waals surface area contributed by atoms with E-state index in [-0.39, 0.29) is 11.8 Å². The van der Waals surface area contributed by atoms with E-state index in [4.69, 9.17) is 9.72 Å². The largest absolute Gasteiger partial charge is 0.495 e. The Labute approximate surface area is 200 Å². The lowest BCUT2D eigenvalue weighted by atomic mass is 10.1. The van der Waals surface area contributed by atoms with E-state index in [1.807, 2.05) is 54.7 Å². The highest BCUT2D eigenvalue weighted by molar-refractivity contribution is 5.93. The van der Waals surface area contributed by atoms with E-state index in [0.717, 1.165) is 86.2 Å². The van der Waals surface area contributed by atoms with Crippen LogP contribution in [0.25, 0.3) is 11.3 Å². The van der Waals surface area contributed by atoms with Crippen LogP contribution in [0, 0.1) is 5.92 Å². The number of ether oxygens (including phenoxy) is 1. The van der Waals surface area contributed by atoms with Gasteiger partial charge in [0.25, 0.3) is 0 Å². The quantitative estimate of drug-likeness (QED) is 0.583. The van der Waals surface area contributed by atoms with Gasteiger partial charge in [-0.3, -0.25) is 4.79 Å². The third-order valence-corrected chi connectivity index (χ3v) is 6.78. The molecule has 0 radical (unpaired) electrons. The van der Waals surface area contributed by atoms with Gasteiger partial charge in [-0.2, -0.15) is 0 Å². The van der Waals surface area contributed by atoms with Crippen molar-refractivity contribution < 1.29 is 9.53 Å². The maximum absolute atomic E-state index is 12.5. The molecule has 2 heterocycles. The summed E-state index contributed by atoms with van der Waals surface area (Å²) < 4.78 is 5.53.